The normalized spacial score (nSPS) is 30.7. The molecule has 19 heavy (non-hydrogen) atoms. The number of nitrogens with one attached hydrogen (secondary N) is 1. The van der Waals surface area contributed by atoms with Crippen molar-refractivity contribution in [3.63, 3.8) is 0 Å². The molecule has 2 heterocycles. The van der Waals surface area contributed by atoms with E-state index in [-0.39, 0.29) is 35.1 Å². The molecule has 2 rings (SSSR count). The third kappa shape index (κ3) is 2.85. The fraction of sp³-hybridized carbons (Fsp3) is 0.923. The van der Waals surface area contributed by atoms with Gasteiger partial charge in [-0.15, -0.1) is 0 Å². The van der Waals surface area contributed by atoms with Crippen molar-refractivity contribution < 1.29 is 9.53 Å². The van der Waals surface area contributed by atoms with Gasteiger partial charge in [0.15, 0.2) is 0 Å². The van der Waals surface area contributed by atoms with Crippen molar-refractivity contribution in [1.29, 1.82) is 0 Å². The van der Waals surface area contributed by atoms with Gasteiger partial charge in [-0.05, 0) is 46.1 Å². The highest BCUT2D eigenvalue weighted by atomic mass is 16.6. The topological polar surface area (TPSA) is 87.1 Å². The Hall–Kier alpha value is -1.26. The lowest BCUT2D eigenvalue weighted by Gasteiger charge is -2.52. The highest BCUT2D eigenvalue weighted by molar-refractivity contribution is 5.73. The maximum Gasteiger partial charge on any atom is 0.306 e. The van der Waals surface area contributed by atoms with E-state index in [0.717, 1.165) is 12.8 Å². The molecular formula is C13H22N4O2. The molecule has 0 aromatic rings. The molecule has 1 N–H and O–H groups in total. The van der Waals surface area contributed by atoms with Crippen molar-refractivity contribution in [3.05, 3.63) is 10.4 Å². The van der Waals surface area contributed by atoms with Gasteiger partial charge in [0.05, 0.1) is 13.0 Å². The molecule has 0 aliphatic carbocycles. The SMILES string of the molecule is CC1(C)CC2(CC(=O)OC2CN=[N+]=[N-])CC(C)(C)N1. The fourth-order valence-corrected chi connectivity index (χ4v) is 4.25. The second-order valence-electron chi connectivity index (χ2n) is 7.18. The Kier molecular flexibility index (Phi) is 3.27. The minimum atomic E-state index is -0.295. The van der Waals surface area contributed by atoms with Gasteiger partial charge in [0.25, 0.3) is 0 Å². The summed E-state index contributed by atoms with van der Waals surface area (Å²) in [5.74, 6) is -0.174. The van der Waals surface area contributed by atoms with E-state index < -0.39 is 0 Å². The molecule has 2 aliphatic rings. The molecule has 6 heteroatoms. The number of ether oxygens (including phenoxy) is 1. The first-order valence-corrected chi connectivity index (χ1v) is 6.68. The summed E-state index contributed by atoms with van der Waals surface area (Å²) in [6, 6.07) is 0. The van der Waals surface area contributed by atoms with Crippen LogP contribution < -0.4 is 5.32 Å². The van der Waals surface area contributed by atoms with Crippen LogP contribution in [0.1, 0.15) is 47.0 Å². The Balaban J connectivity index is 2.32. The number of hydrogen-bond acceptors (Lipinski definition) is 4. The molecule has 0 aromatic carbocycles. The number of esters is 1. The van der Waals surface area contributed by atoms with Crippen LogP contribution in [0.25, 0.3) is 10.4 Å². The van der Waals surface area contributed by atoms with Gasteiger partial charge in [0.2, 0.25) is 0 Å². The van der Waals surface area contributed by atoms with Gasteiger partial charge in [0, 0.05) is 21.4 Å². The quantitative estimate of drug-likeness (QED) is 0.360. The Bertz CT molecular complexity index is 422. The minimum absolute atomic E-state index is 0.0651. The van der Waals surface area contributed by atoms with Crippen molar-refractivity contribution in [3.8, 4) is 0 Å². The van der Waals surface area contributed by atoms with Crippen molar-refractivity contribution in [2.45, 2.75) is 64.1 Å². The van der Waals surface area contributed by atoms with Gasteiger partial charge >= 0.3 is 5.97 Å². The van der Waals surface area contributed by atoms with E-state index in [1.165, 1.54) is 0 Å². The Morgan fingerprint density at radius 1 is 1.37 bits per heavy atom. The van der Waals surface area contributed by atoms with E-state index in [1.807, 2.05) is 0 Å². The molecule has 1 atom stereocenters. The number of carbonyl (C=O) groups excluding carboxylic acids is 1. The van der Waals surface area contributed by atoms with E-state index in [2.05, 4.69) is 43.0 Å². The van der Waals surface area contributed by atoms with E-state index >= 15 is 0 Å². The molecular weight excluding hydrogens is 244 g/mol. The first-order chi connectivity index (χ1) is 8.68. The highest BCUT2D eigenvalue weighted by Gasteiger charge is 2.56. The lowest BCUT2D eigenvalue weighted by atomic mass is 9.62. The summed E-state index contributed by atoms with van der Waals surface area (Å²) in [6.45, 7) is 8.80. The monoisotopic (exact) mass is 266 g/mol. The van der Waals surface area contributed by atoms with Crippen molar-refractivity contribution >= 4 is 5.97 Å². The Labute approximate surface area is 113 Å². The van der Waals surface area contributed by atoms with E-state index in [1.54, 1.807) is 0 Å². The first-order valence-electron chi connectivity index (χ1n) is 6.68. The number of piperidine rings is 1. The smallest absolute Gasteiger partial charge is 0.306 e. The average molecular weight is 266 g/mol. The van der Waals surface area contributed by atoms with Gasteiger partial charge in [-0.25, -0.2) is 0 Å². The van der Waals surface area contributed by atoms with Gasteiger partial charge in [-0.1, -0.05) is 5.11 Å². The second-order valence-corrected chi connectivity index (χ2v) is 7.18. The van der Waals surface area contributed by atoms with E-state index in [9.17, 15) is 4.79 Å². The molecule has 2 aliphatic heterocycles. The predicted molar refractivity (Wildman–Crippen MR) is 71.5 cm³/mol. The highest BCUT2D eigenvalue weighted by Crippen LogP contribution is 2.51. The largest absolute Gasteiger partial charge is 0.462 e. The van der Waals surface area contributed by atoms with Crippen LogP contribution in [0.4, 0.5) is 0 Å². The molecule has 2 saturated heterocycles. The standard InChI is InChI=1S/C13H22N4O2/c1-11(2)7-13(8-12(3,4)16-11)5-10(18)19-9(13)6-15-17-14/h9,16H,5-8H2,1-4H3. The maximum atomic E-state index is 11.7. The number of nitrogens with zero attached hydrogens (tertiary/aromatic N) is 3. The van der Waals surface area contributed by atoms with Crippen LogP contribution in [0, 0.1) is 5.41 Å². The van der Waals surface area contributed by atoms with Crippen molar-refractivity contribution in [1.82, 2.24) is 5.32 Å². The van der Waals surface area contributed by atoms with Crippen LogP contribution in [-0.2, 0) is 9.53 Å². The zero-order valence-electron chi connectivity index (χ0n) is 12.1. The van der Waals surface area contributed by atoms with Crippen LogP contribution in [0.15, 0.2) is 5.11 Å². The molecule has 6 nitrogen and oxygen atoms in total. The Morgan fingerprint density at radius 3 is 2.47 bits per heavy atom. The molecule has 0 bridgehead atoms. The summed E-state index contributed by atoms with van der Waals surface area (Å²) in [5.41, 5.74) is 8.14. The molecule has 1 unspecified atom stereocenters. The molecule has 1 spiro atoms. The van der Waals surface area contributed by atoms with Crippen molar-refractivity contribution in [2.24, 2.45) is 10.5 Å². The van der Waals surface area contributed by atoms with E-state index in [4.69, 9.17) is 10.3 Å². The van der Waals surface area contributed by atoms with Crippen LogP contribution in [0.2, 0.25) is 0 Å². The number of carbonyl (C=O) groups is 1. The van der Waals surface area contributed by atoms with Gasteiger partial charge in [-0.3, -0.25) is 4.79 Å². The fourth-order valence-electron chi connectivity index (χ4n) is 4.25. The molecule has 2 fully saturated rings. The van der Waals surface area contributed by atoms with Gasteiger partial charge < -0.3 is 10.1 Å². The second kappa shape index (κ2) is 4.39. The van der Waals surface area contributed by atoms with Crippen LogP contribution in [-0.4, -0.2) is 29.7 Å². The summed E-state index contributed by atoms with van der Waals surface area (Å²) in [4.78, 5) is 14.5. The molecule has 106 valence electrons. The summed E-state index contributed by atoms with van der Waals surface area (Å²) >= 11 is 0. The van der Waals surface area contributed by atoms with Crippen LogP contribution in [0.3, 0.4) is 0 Å². The van der Waals surface area contributed by atoms with Crippen molar-refractivity contribution in [2.75, 3.05) is 6.54 Å². The third-order valence-corrected chi connectivity index (χ3v) is 4.03. The Morgan fingerprint density at radius 2 is 1.95 bits per heavy atom. The number of hydrogen-bond donors (Lipinski definition) is 1. The lowest BCUT2D eigenvalue weighted by Crippen LogP contribution is -2.62. The van der Waals surface area contributed by atoms with Gasteiger partial charge in [-0.2, -0.15) is 0 Å². The van der Waals surface area contributed by atoms with Gasteiger partial charge in [0.1, 0.15) is 6.10 Å². The summed E-state index contributed by atoms with van der Waals surface area (Å²) < 4.78 is 5.41. The van der Waals surface area contributed by atoms with Crippen LogP contribution >= 0.6 is 0 Å². The molecule has 0 aromatic heterocycles. The third-order valence-electron chi connectivity index (χ3n) is 4.03. The number of azide groups is 1. The maximum absolute atomic E-state index is 11.7. The van der Waals surface area contributed by atoms with Crippen LogP contribution in [0.5, 0.6) is 0 Å². The number of rotatable bonds is 2. The summed E-state index contributed by atoms with van der Waals surface area (Å²) in [5, 5.41) is 7.22. The summed E-state index contributed by atoms with van der Waals surface area (Å²) in [7, 11) is 0. The molecule has 0 radical (unpaired) electrons. The lowest BCUT2D eigenvalue weighted by molar-refractivity contribution is -0.141. The molecule has 0 amide bonds. The minimum Gasteiger partial charge on any atom is -0.462 e. The summed E-state index contributed by atoms with van der Waals surface area (Å²) in [6.07, 6.45) is 1.82. The first kappa shape index (κ1) is 14.2. The number of cyclic esters (lactones) is 1. The zero-order valence-corrected chi connectivity index (χ0v) is 12.1. The average Bonchev–Trinajstić information content (AvgIpc) is 2.45. The predicted octanol–water partition coefficient (Wildman–Crippen LogP) is 2.54. The molecule has 0 saturated carbocycles. The van der Waals surface area contributed by atoms with E-state index in [0.29, 0.717) is 6.42 Å². The zero-order chi connectivity index (χ0) is 14.3.